The Bertz CT molecular complexity index is 857. The summed E-state index contributed by atoms with van der Waals surface area (Å²) in [5.74, 6) is 0.435. The molecule has 1 saturated heterocycles. The maximum atomic E-state index is 12.9. The van der Waals surface area contributed by atoms with Gasteiger partial charge in [-0.05, 0) is 38.0 Å². The molecule has 26 heavy (non-hydrogen) atoms. The lowest BCUT2D eigenvalue weighted by molar-refractivity contribution is -0.133. The van der Waals surface area contributed by atoms with Crippen molar-refractivity contribution >= 4 is 27.5 Å². The van der Waals surface area contributed by atoms with Gasteiger partial charge in [0.2, 0.25) is 15.9 Å². The van der Waals surface area contributed by atoms with Crippen molar-refractivity contribution < 1.29 is 22.7 Å². The zero-order valence-corrected chi connectivity index (χ0v) is 15.3. The van der Waals surface area contributed by atoms with Crippen molar-refractivity contribution in [2.24, 2.45) is 5.92 Å². The number of carbonyl (C=O) groups excluding carboxylic acids is 2. The summed E-state index contributed by atoms with van der Waals surface area (Å²) in [4.78, 5) is 25.7. The Morgan fingerprint density at radius 2 is 1.88 bits per heavy atom. The monoisotopic (exact) mass is 379 g/mol. The van der Waals surface area contributed by atoms with Gasteiger partial charge in [0.1, 0.15) is 5.75 Å². The van der Waals surface area contributed by atoms with Gasteiger partial charge in [0.05, 0.1) is 10.6 Å². The molecule has 0 aromatic heterocycles. The zero-order chi connectivity index (χ0) is 18.5. The lowest BCUT2D eigenvalue weighted by atomic mass is 10.2. The number of nitrogens with one attached hydrogen (secondary N) is 1. The number of hydrogen-bond acceptors (Lipinski definition) is 5. The van der Waals surface area contributed by atoms with Crippen LogP contribution in [-0.2, 0) is 19.6 Å². The zero-order valence-electron chi connectivity index (χ0n) is 14.5. The smallest absolute Gasteiger partial charge is 0.265 e. The maximum Gasteiger partial charge on any atom is 0.265 e. The summed E-state index contributed by atoms with van der Waals surface area (Å²) in [5.41, 5.74) is 0.358. The Hall–Kier alpha value is -2.13. The highest BCUT2D eigenvalue weighted by Crippen LogP contribution is 2.34. The Balaban J connectivity index is 1.50. The van der Waals surface area contributed by atoms with E-state index in [-0.39, 0.29) is 35.7 Å². The lowest BCUT2D eigenvalue weighted by Crippen LogP contribution is -2.50. The molecule has 0 spiro atoms. The van der Waals surface area contributed by atoms with Crippen LogP contribution >= 0.6 is 0 Å². The van der Waals surface area contributed by atoms with Gasteiger partial charge in [-0.2, -0.15) is 4.31 Å². The molecule has 0 unspecified atom stereocenters. The minimum absolute atomic E-state index is 0.108. The van der Waals surface area contributed by atoms with Gasteiger partial charge >= 0.3 is 0 Å². The van der Waals surface area contributed by atoms with E-state index in [0.29, 0.717) is 24.5 Å². The van der Waals surface area contributed by atoms with Gasteiger partial charge in [0.15, 0.2) is 6.10 Å². The second kappa shape index (κ2) is 6.24. The number of ether oxygens (including phenoxy) is 1. The minimum atomic E-state index is -3.69. The normalized spacial score (nSPS) is 23.8. The molecule has 2 aliphatic heterocycles. The standard InChI is InChI=1S/C17H21N3O5S/c1-11-16(21)18-14-10-13(4-5-15(14)25-11)26(23,24)20-8-6-19(7-9-20)17(22)12-2-3-12/h4-5,10-12H,2-3,6-9H2,1H3,(H,18,21)/t11-/m1/s1. The highest BCUT2D eigenvalue weighted by Gasteiger charge is 2.37. The molecular weight excluding hydrogens is 358 g/mol. The van der Waals surface area contributed by atoms with Crippen LogP contribution in [0.4, 0.5) is 5.69 Å². The predicted molar refractivity (Wildman–Crippen MR) is 93.2 cm³/mol. The molecule has 140 valence electrons. The number of hydrogen-bond donors (Lipinski definition) is 1. The summed E-state index contributed by atoms with van der Waals surface area (Å²) in [6.07, 6.45) is 1.28. The molecule has 0 radical (unpaired) electrons. The van der Waals surface area contributed by atoms with Crippen molar-refractivity contribution in [1.29, 1.82) is 0 Å². The molecule has 1 aliphatic carbocycles. The van der Waals surface area contributed by atoms with Crippen molar-refractivity contribution in [3.63, 3.8) is 0 Å². The fourth-order valence-electron chi connectivity index (χ4n) is 3.23. The predicted octanol–water partition coefficient (Wildman–Crippen LogP) is 0.649. The first kappa shape index (κ1) is 17.3. The van der Waals surface area contributed by atoms with Crippen molar-refractivity contribution in [1.82, 2.24) is 9.21 Å². The SMILES string of the molecule is C[C@H]1Oc2ccc(S(=O)(=O)N3CCN(C(=O)C4CC4)CC3)cc2NC1=O. The minimum Gasteiger partial charge on any atom is -0.479 e. The topological polar surface area (TPSA) is 96.0 Å². The Morgan fingerprint density at radius 1 is 1.19 bits per heavy atom. The number of rotatable bonds is 3. The summed E-state index contributed by atoms with van der Waals surface area (Å²) in [6.45, 7) is 3.01. The van der Waals surface area contributed by atoms with Gasteiger partial charge < -0.3 is 15.0 Å². The third kappa shape index (κ3) is 3.05. The summed E-state index contributed by atoms with van der Waals surface area (Å²) in [5, 5.41) is 2.67. The molecule has 1 atom stereocenters. The first-order valence-electron chi connectivity index (χ1n) is 8.77. The summed E-state index contributed by atoms with van der Waals surface area (Å²) >= 11 is 0. The molecule has 9 heteroatoms. The van der Waals surface area contributed by atoms with E-state index in [1.165, 1.54) is 16.4 Å². The molecule has 2 amide bonds. The largest absolute Gasteiger partial charge is 0.479 e. The van der Waals surface area contributed by atoms with E-state index in [4.69, 9.17) is 4.74 Å². The van der Waals surface area contributed by atoms with Gasteiger partial charge in [-0.1, -0.05) is 0 Å². The first-order chi connectivity index (χ1) is 12.4. The molecule has 1 aromatic carbocycles. The molecule has 2 fully saturated rings. The van der Waals surface area contributed by atoms with Crippen LogP contribution in [0, 0.1) is 5.92 Å². The van der Waals surface area contributed by atoms with Crippen molar-refractivity contribution in [2.75, 3.05) is 31.5 Å². The van der Waals surface area contributed by atoms with E-state index >= 15 is 0 Å². The highest BCUT2D eigenvalue weighted by molar-refractivity contribution is 7.89. The number of fused-ring (bicyclic) bond motifs is 1. The van der Waals surface area contributed by atoms with E-state index < -0.39 is 16.1 Å². The number of sulfonamides is 1. The fraction of sp³-hybridized carbons (Fsp3) is 0.529. The molecule has 1 saturated carbocycles. The van der Waals surface area contributed by atoms with E-state index in [1.54, 1.807) is 17.9 Å². The summed E-state index contributed by atoms with van der Waals surface area (Å²) in [6, 6.07) is 4.47. The molecule has 8 nitrogen and oxygen atoms in total. The fourth-order valence-corrected chi connectivity index (χ4v) is 4.68. The maximum absolute atomic E-state index is 12.9. The third-order valence-electron chi connectivity index (χ3n) is 5.00. The second-order valence-corrected chi connectivity index (χ2v) is 8.85. The van der Waals surface area contributed by atoms with Crippen LogP contribution in [0.3, 0.4) is 0 Å². The second-order valence-electron chi connectivity index (χ2n) is 6.91. The lowest BCUT2D eigenvalue weighted by Gasteiger charge is -2.34. The van der Waals surface area contributed by atoms with E-state index in [0.717, 1.165) is 12.8 Å². The van der Waals surface area contributed by atoms with Gasteiger partial charge in [-0.25, -0.2) is 8.42 Å². The average Bonchev–Trinajstić information content (AvgIpc) is 3.47. The number of nitrogens with zero attached hydrogens (tertiary/aromatic N) is 2. The highest BCUT2D eigenvalue weighted by atomic mass is 32.2. The molecule has 4 rings (SSSR count). The molecule has 2 heterocycles. The van der Waals surface area contributed by atoms with Crippen molar-refractivity contribution in [2.45, 2.75) is 30.8 Å². The van der Waals surface area contributed by atoms with Gasteiger partial charge in [0, 0.05) is 32.1 Å². The number of amides is 2. The first-order valence-corrected chi connectivity index (χ1v) is 10.2. The van der Waals surface area contributed by atoms with E-state index in [9.17, 15) is 18.0 Å². The Kier molecular flexibility index (Phi) is 4.15. The van der Waals surface area contributed by atoms with Gasteiger partial charge in [0.25, 0.3) is 5.91 Å². The third-order valence-corrected chi connectivity index (χ3v) is 6.89. The number of carbonyl (C=O) groups is 2. The molecule has 1 N–H and O–H groups in total. The van der Waals surface area contributed by atoms with Crippen LogP contribution in [0.2, 0.25) is 0 Å². The summed E-state index contributed by atoms with van der Waals surface area (Å²) < 4.78 is 32.7. The van der Waals surface area contributed by atoms with Crippen LogP contribution in [0.1, 0.15) is 19.8 Å². The molecule has 1 aromatic rings. The quantitative estimate of drug-likeness (QED) is 0.832. The van der Waals surface area contributed by atoms with Crippen LogP contribution in [0.5, 0.6) is 5.75 Å². The van der Waals surface area contributed by atoms with Crippen LogP contribution in [0.15, 0.2) is 23.1 Å². The van der Waals surface area contributed by atoms with Gasteiger partial charge in [-0.3, -0.25) is 9.59 Å². The molecule has 0 bridgehead atoms. The number of anilines is 1. The average molecular weight is 379 g/mol. The van der Waals surface area contributed by atoms with Crippen molar-refractivity contribution in [3.8, 4) is 5.75 Å². The van der Waals surface area contributed by atoms with Crippen LogP contribution in [0.25, 0.3) is 0 Å². The summed E-state index contributed by atoms with van der Waals surface area (Å²) in [7, 11) is -3.69. The van der Waals surface area contributed by atoms with Gasteiger partial charge in [-0.15, -0.1) is 0 Å². The molecular formula is C17H21N3O5S. The molecule has 3 aliphatic rings. The Labute approximate surface area is 152 Å². The number of benzene rings is 1. The van der Waals surface area contributed by atoms with E-state index in [1.807, 2.05) is 0 Å². The van der Waals surface area contributed by atoms with Crippen molar-refractivity contribution in [3.05, 3.63) is 18.2 Å². The van der Waals surface area contributed by atoms with Crippen LogP contribution < -0.4 is 10.1 Å². The van der Waals surface area contributed by atoms with E-state index in [2.05, 4.69) is 5.32 Å². The van der Waals surface area contributed by atoms with Crippen LogP contribution in [-0.4, -0.2) is 61.7 Å². The number of piperazine rings is 1. The Morgan fingerprint density at radius 3 is 2.54 bits per heavy atom.